The first-order chi connectivity index (χ1) is 16.1. The number of anilines is 1. The lowest BCUT2D eigenvalue weighted by molar-refractivity contribution is 0.0889. The number of carbonyl (C=O) groups excluding carboxylic acids is 1. The third-order valence-electron chi connectivity index (χ3n) is 7.35. The van der Waals surface area contributed by atoms with Gasteiger partial charge in [-0.2, -0.15) is 5.10 Å². The predicted octanol–water partition coefficient (Wildman–Crippen LogP) is 6.89. The zero-order chi connectivity index (χ0) is 24.7. The second-order valence-electron chi connectivity index (χ2n) is 10.1. The minimum absolute atomic E-state index is 0.104. The molecule has 34 heavy (non-hydrogen) atoms. The number of carbonyl (C=O) groups is 1. The first kappa shape index (κ1) is 24.3. The van der Waals surface area contributed by atoms with Gasteiger partial charge in [-0.15, -0.1) is 0 Å². The Morgan fingerprint density at radius 1 is 1.18 bits per heavy atom. The molecule has 0 aliphatic carbocycles. The number of amides is 1. The van der Waals surface area contributed by atoms with Crippen LogP contribution in [0.15, 0.2) is 48.5 Å². The summed E-state index contributed by atoms with van der Waals surface area (Å²) in [5.41, 5.74) is 3.91. The fourth-order valence-corrected chi connectivity index (χ4v) is 5.31. The molecule has 0 unspecified atom stereocenters. The molecule has 5 nitrogen and oxygen atoms in total. The zero-order valence-electron chi connectivity index (χ0n) is 21.0. The van der Waals surface area contributed by atoms with Gasteiger partial charge in [0, 0.05) is 5.02 Å². The van der Waals surface area contributed by atoms with Crippen molar-refractivity contribution in [3.63, 3.8) is 0 Å². The van der Waals surface area contributed by atoms with Gasteiger partial charge in [-0.05, 0) is 69.7 Å². The second-order valence-corrected chi connectivity index (χ2v) is 10.5. The van der Waals surface area contributed by atoms with Gasteiger partial charge in [0.2, 0.25) is 0 Å². The Morgan fingerprint density at radius 2 is 1.85 bits per heavy atom. The van der Waals surface area contributed by atoms with Crippen molar-refractivity contribution in [2.75, 3.05) is 5.32 Å². The van der Waals surface area contributed by atoms with E-state index in [4.69, 9.17) is 16.7 Å². The molecule has 1 aliphatic heterocycles. The molecular weight excluding hydrogens is 444 g/mol. The Balaban J connectivity index is 1.73. The van der Waals surface area contributed by atoms with E-state index < -0.39 is 5.54 Å². The van der Waals surface area contributed by atoms with E-state index in [0.29, 0.717) is 5.56 Å². The highest BCUT2D eigenvalue weighted by Gasteiger charge is 2.39. The highest BCUT2D eigenvalue weighted by atomic mass is 35.5. The summed E-state index contributed by atoms with van der Waals surface area (Å²) in [5.74, 6) is 0.681. The maximum atomic E-state index is 13.9. The fourth-order valence-electron chi connectivity index (χ4n) is 5.19. The molecule has 0 bridgehead atoms. The van der Waals surface area contributed by atoms with E-state index in [0.717, 1.165) is 46.9 Å². The highest BCUT2D eigenvalue weighted by Crippen LogP contribution is 2.41. The number of nitrogens with one attached hydrogen (secondary N) is 2. The summed E-state index contributed by atoms with van der Waals surface area (Å²) in [6.07, 6.45) is 2.42. The Morgan fingerprint density at radius 3 is 2.47 bits per heavy atom. The van der Waals surface area contributed by atoms with Crippen LogP contribution in [0.3, 0.4) is 0 Å². The molecule has 0 saturated heterocycles. The summed E-state index contributed by atoms with van der Waals surface area (Å²) in [6, 6.07) is 16.5. The number of hydrogen-bond acceptors (Lipinski definition) is 3. The van der Waals surface area contributed by atoms with Crippen LogP contribution in [0.4, 0.5) is 5.82 Å². The van der Waals surface area contributed by atoms with E-state index in [1.165, 1.54) is 5.56 Å². The molecule has 6 heteroatoms. The number of halogens is 1. The molecule has 1 aromatic heterocycles. The van der Waals surface area contributed by atoms with Crippen molar-refractivity contribution in [1.82, 2.24) is 15.1 Å². The van der Waals surface area contributed by atoms with Crippen LogP contribution < -0.4 is 10.6 Å². The number of aryl methyl sites for hydroxylation is 2. The minimum Gasteiger partial charge on any atom is -0.363 e. The van der Waals surface area contributed by atoms with Crippen molar-refractivity contribution < 1.29 is 4.79 Å². The van der Waals surface area contributed by atoms with Crippen LogP contribution in [0, 0.1) is 13.8 Å². The molecule has 0 spiro atoms. The Labute approximate surface area is 207 Å². The number of benzene rings is 2. The first-order valence-corrected chi connectivity index (χ1v) is 12.5. The monoisotopic (exact) mass is 478 g/mol. The number of hydrogen-bond donors (Lipinski definition) is 2. The van der Waals surface area contributed by atoms with Gasteiger partial charge in [0.25, 0.3) is 5.91 Å². The number of fused-ring (bicyclic) bond motifs is 1. The Bertz CT molecular complexity index is 1190. The summed E-state index contributed by atoms with van der Waals surface area (Å²) in [4.78, 5) is 13.9. The normalized spacial score (nSPS) is 17.1. The Kier molecular flexibility index (Phi) is 6.52. The standard InChI is InChI=1S/C28H35ClN4O/c1-7-28(8-2,21-14-15-22(29)18(3)16-21)31-26(34)24-19(4)32-33-25(24)30-23(17-27(33,5)6)20-12-10-9-11-13-20/h9-16,23,30H,7-8,17H2,1-6H3,(H,31,34)/t23-/m1/s1. The van der Waals surface area contributed by atoms with E-state index in [9.17, 15) is 4.79 Å². The van der Waals surface area contributed by atoms with Crippen LogP contribution in [0.2, 0.25) is 5.02 Å². The lowest BCUT2D eigenvalue weighted by Gasteiger charge is -2.38. The molecule has 1 amide bonds. The molecule has 1 aliphatic rings. The molecule has 2 N–H and O–H groups in total. The van der Waals surface area contributed by atoms with Crippen molar-refractivity contribution in [3.8, 4) is 0 Å². The fraction of sp³-hybridized carbons (Fsp3) is 0.429. The molecule has 3 aromatic rings. The van der Waals surface area contributed by atoms with Gasteiger partial charge in [-0.3, -0.25) is 4.79 Å². The zero-order valence-corrected chi connectivity index (χ0v) is 21.8. The maximum Gasteiger partial charge on any atom is 0.257 e. The van der Waals surface area contributed by atoms with Crippen LogP contribution in [0.1, 0.15) is 85.7 Å². The van der Waals surface area contributed by atoms with E-state index in [1.807, 2.05) is 36.7 Å². The summed E-state index contributed by atoms with van der Waals surface area (Å²) in [7, 11) is 0. The summed E-state index contributed by atoms with van der Waals surface area (Å²) in [6.45, 7) is 12.5. The third kappa shape index (κ3) is 4.22. The molecule has 1 atom stereocenters. The second kappa shape index (κ2) is 9.10. The van der Waals surface area contributed by atoms with Gasteiger partial charge in [-0.25, -0.2) is 4.68 Å². The predicted molar refractivity (Wildman–Crippen MR) is 140 cm³/mol. The van der Waals surface area contributed by atoms with Crippen LogP contribution in [-0.4, -0.2) is 15.7 Å². The molecule has 0 fully saturated rings. The molecule has 0 saturated carbocycles. The summed E-state index contributed by atoms with van der Waals surface area (Å²) >= 11 is 6.29. The van der Waals surface area contributed by atoms with Crippen molar-refractivity contribution in [2.45, 2.75) is 77.9 Å². The highest BCUT2D eigenvalue weighted by molar-refractivity contribution is 6.31. The van der Waals surface area contributed by atoms with Gasteiger partial charge in [0.05, 0.1) is 22.8 Å². The molecule has 180 valence electrons. The largest absolute Gasteiger partial charge is 0.363 e. The van der Waals surface area contributed by atoms with E-state index in [1.54, 1.807) is 0 Å². The topological polar surface area (TPSA) is 59.0 Å². The quantitative estimate of drug-likeness (QED) is 0.405. The van der Waals surface area contributed by atoms with Crippen LogP contribution in [0.25, 0.3) is 0 Å². The molecule has 2 heterocycles. The van der Waals surface area contributed by atoms with Crippen LogP contribution in [-0.2, 0) is 11.1 Å². The minimum atomic E-state index is -0.489. The lowest BCUT2D eigenvalue weighted by Crippen LogP contribution is -2.45. The molecule has 0 radical (unpaired) electrons. The molecular formula is C28H35ClN4O. The average Bonchev–Trinajstić information content (AvgIpc) is 3.16. The van der Waals surface area contributed by atoms with Gasteiger partial charge in [-0.1, -0.05) is 67.9 Å². The van der Waals surface area contributed by atoms with Gasteiger partial charge in [0.15, 0.2) is 0 Å². The molecule has 2 aromatic carbocycles. The van der Waals surface area contributed by atoms with Crippen molar-refractivity contribution in [3.05, 3.63) is 81.5 Å². The Hall–Kier alpha value is -2.79. The van der Waals surface area contributed by atoms with Crippen LogP contribution >= 0.6 is 11.6 Å². The van der Waals surface area contributed by atoms with Gasteiger partial charge >= 0.3 is 0 Å². The van der Waals surface area contributed by atoms with Crippen LogP contribution in [0.5, 0.6) is 0 Å². The number of aromatic nitrogens is 2. The molecule has 4 rings (SSSR count). The smallest absolute Gasteiger partial charge is 0.257 e. The number of nitrogens with zero attached hydrogens (tertiary/aromatic N) is 2. The SMILES string of the molecule is CCC(CC)(NC(=O)c1c(C)nn2c1N[C@@H](c1ccccc1)CC2(C)C)c1ccc(Cl)c(C)c1. The van der Waals surface area contributed by atoms with E-state index >= 15 is 0 Å². The van der Waals surface area contributed by atoms with Gasteiger partial charge in [0.1, 0.15) is 11.4 Å². The van der Waals surface area contributed by atoms with Gasteiger partial charge < -0.3 is 10.6 Å². The third-order valence-corrected chi connectivity index (χ3v) is 7.77. The lowest BCUT2D eigenvalue weighted by atomic mass is 9.83. The average molecular weight is 479 g/mol. The van der Waals surface area contributed by atoms with Crippen molar-refractivity contribution >= 4 is 23.3 Å². The summed E-state index contributed by atoms with van der Waals surface area (Å²) < 4.78 is 1.99. The van der Waals surface area contributed by atoms with E-state index in [2.05, 4.69) is 68.7 Å². The van der Waals surface area contributed by atoms with Crippen molar-refractivity contribution in [2.24, 2.45) is 0 Å². The van der Waals surface area contributed by atoms with Crippen molar-refractivity contribution in [1.29, 1.82) is 0 Å². The maximum absolute atomic E-state index is 13.9. The number of rotatable bonds is 6. The first-order valence-electron chi connectivity index (χ1n) is 12.1. The van der Waals surface area contributed by atoms with E-state index in [-0.39, 0.29) is 17.5 Å². The summed E-state index contributed by atoms with van der Waals surface area (Å²) in [5, 5.41) is 12.6.